The lowest BCUT2D eigenvalue weighted by atomic mass is 9.81. The molecular weight excluding hydrogens is 512 g/mol. The molecule has 41 heavy (non-hydrogen) atoms. The molecule has 2 heterocycles. The van der Waals surface area contributed by atoms with Crippen LogP contribution in [0.15, 0.2) is 66.7 Å². The molecule has 0 spiro atoms. The fraction of sp³-hybridized carbons (Fsp3) is 0.371. The molecule has 3 aromatic carbocycles. The molecule has 1 fully saturated rings. The standard InChI is InChI=1S/C35H38N2O4/c1-35(2,19-18-23-12-14-25(15-13-23)34(39)40)36-33(38)26-16-17-27-29(22-26)37-20-21-41-30-11-7-6-10-28(30)32(37)31(27)24-8-4-3-5-9-24/h6-7,10-17,22,24H,3-5,8-9,18-21H2,1-2H3,(H,36,38)(H,39,40). The highest BCUT2D eigenvalue weighted by molar-refractivity contribution is 6.01. The number of aryl methyl sites for hydroxylation is 1. The van der Waals surface area contributed by atoms with Gasteiger partial charge in [0.05, 0.1) is 17.8 Å². The number of carbonyl (C=O) groups excluding carboxylic acids is 1. The van der Waals surface area contributed by atoms with Gasteiger partial charge in [-0.2, -0.15) is 0 Å². The summed E-state index contributed by atoms with van der Waals surface area (Å²) < 4.78 is 8.56. The molecule has 6 rings (SSSR count). The zero-order valence-corrected chi connectivity index (χ0v) is 23.9. The molecular formula is C35H38N2O4. The summed E-state index contributed by atoms with van der Waals surface area (Å²) in [6, 6.07) is 21.5. The average molecular weight is 551 g/mol. The minimum atomic E-state index is -0.927. The van der Waals surface area contributed by atoms with Crippen molar-refractivity contribution in [2.75, 3.05) is 6.61 Å². The van der Waals surface area contributed by atoms with Crippen LogP contribution in [0.4, 0.5) is 0 Å². The van der Waals surface area contributed by atoms with E-state index in [4.69, 9.17) is 9.84 Å². The van der Waals surface area contributed by atoms with E-state index in [0.29, 0.717) is 18.1 Å². The van der Waals surface area contributed by atoms with E-state index < -0.39 is 11.5 Å². The van der Waals surface area contributed by atoms with Crippen molar-refractivity contribution in [3.05, 3.63) is 89.0 Å². The molecule has 4 aromatic rings. The Balaban J connectivity index is 1.30. The third kappa shape index (κ3) is 5.48. The maximum atomic E-state index is 13.6. The van der Waals surface area contributed by atoms with E-state index in [1.165, 1.54) is 48.7 Å². The minimum absolute atomic E-state index is 0.0850. The highest BCUT2D eigenvalue weighted by Crippen LogP contribution is 2.47. The molecule has 0 unspecified atom stereocenters. The Labute approximate surface area is 241 Å². The SMILES string of the molecule is CC(C)(CCc1ccc(C(=O)O)cc1)NC(=O)c1ccc2c(C3CCCCC3)c3n(c2c1)CCOc1ccccc1-3. The fourth-order valence-corrected chi connectivity index (χ4v) is 6.59. The van der Waals surface area contributed by atoms with Crippen molar-refractivity contribution in [1.82, 2.24) is 9.88 Å². The Kier molecular flexibility index (Phi) is 7.33. The van der Waals surface area contributed by atoms with Crippen molar-refractivity contribution < 1.29 is 19.4 Å². The average Bonchev–Trinajstić information content (AvgIpc) is 3.17. The van der Waals surface area contributed by atoms with Gasteiger partial charge in [0, 0.05) is 27.6 Å². The van der Waals surface area contributed by atoms with Crippen LogP contribution in [-0.2, 0) is 13.0 Å². The van der Waals surface area contributed by atoms with E-state index >= 15 is 0 Å². The van der Waals surface area contributed by atoms with Crippen LogP contribution in [0.1, 0.15) is 90.1 Å². The van der Waals surface area contributed by atoms with Crippen molar-refractivity contribution in [3.8, 4) is 17.0 Å². The largest absolute Gasteiger partial charge is 0.491 e. The lowest BCUT2D eigenvalue weighted by Crippen LogP contribution is -2.43. The number of hydrogen-bond donors (Lipinski definition) is 2. The van der Waals surface area contributed by atoms with Crippen molar-refractivity contribution in [2.45, 2.75) is 76.8 Å². The molecule has 1 amide bonds. The van der Waals surface area contributed by atoms with Crippen LogP contribution in [0.3, 0.4) is 0 Å². The number of benzene rings is 3. The monoisotopic (exact) mass is 550 g/mol. The third-order valence-corrected chi connectivity index (χ3v) is 8.79. The van der Waals surface area contributed by atoms with Gasteiger partial charge in [0.1, 0.15) is 12.4 Å². The molecule has 1 aliphatic heterocycles. The van der Waals surface area contributed by atoms with Crippen LogP contribution >= 0.6 is 0 Å². The summed E-state index contributed by atoms with van der Waals surface area (Å²) in [4.78, 5) is 24.7. The Bertz CT molecular complexity index is 1590. The van der Waals surface area contributed by atoms with Gasteiger partial charge in [0.25, 0.3) is 5.91 Å². The lowest BCUT2D eigenvalue weighted by molar-refractivity contribution is 0.0696. The number of nitrogens with zero attached hydrogens (tertiary/aromatic N) is 1. The van der Waals surface area contributed by atoms with Gasteiger partial charge in [0.2, 0.25) is 0 Å². The number of fused-ring (bicyclic) bond motifs is 5. The van der Waals surface area contributed by atoms with Crippen LogP contribution < -0.4 is 10.1 Å². The molecule has 2 N–H and O–H groups in total. The summed E-state index contributed by atoms with van der Waals surface area (Å²) in [7, 11) is 0. The predicted octanol–water partition coefficient (Wildman–Crippen LogP) is 7.59. The second-order valence-electron chi connectivity index (χ2n) is 12.2. The van der Waals surface area contributed by atoms with Crippen LogP contribution in [0.25, 0.3) is 22.2 Å². The molecule has 0 atom stereocenters. The zero-order chi connectivity index (χ0) is 28.6. The first-order valence-corrected chi connectivity index (χ1v) is 14.8. The van der Waals surface area contributed by atoms with Gasteiger partial charge in [-0.3, -0.25) is 4.79 Å². The number of aromatic carboxylic acids is 1. The van der Waals surface area contributed by atoms with E-state index in [-0.39, 0.29) is 11.5 Å². The number of carbonyl (C=O) groups is 2. The molecule has 1 aliphatic carbocycles. The van der Waals surface area contributed by atoms with E-state index in [2.05, 4.69) is 40.2 Å². The zero-order valence-electron chi connectivity index (χ0n) is 23.9. The molecule has 6 nitrogen and oxygen atoms in total. The first-order valence-electron chi connectivity index (χ1n) is 14.8. The summed E-state index contributed by atoms with van der Waals surface area (Å²) in [5, 5.41) is 13.6. The van der Waals surface area contributed by atoms with Gasteiger partial charge >= 0.3 is 5.97 Å². The number of hydrogen-bond acceptors (Lipinski definition) is 3. The minimum Gasteiger partial charge on any atom is -0.491 e. The van der Waals surface area contributed by atoms with Crippen molar-refractivity contribution in [1.29, 1.82) is 0 Å². The van der Waals surface area contributed by atoms with Gasteiger partial charge in [-0.05, 0) is 93.0 Å². The first kappa shape index (κ1) is 27.1. The number of carboxylic acids is 1. The highest BCUT2D eigenvalue weighted by atomic mass is 16.5. The lowest BCUT2D eigenvalue weighted by Gasteiger charge is -2.26. The first-order chi connectivity index (χ1) is 19.8. The number of nitrogens with one attached hydrogen (secondary N) is 1. The molecule has 1 aromatic heterocycles. The smallest absolute Gasteiger partial charge is 0.335 e. The maximum absolute atomic E-state index is 13.6. The molecule has 6 heteroatoms. The molecule has 0 bridgehead atoms. The third-order valence-electron chi connectivity index (χ3n) is 8.79. The van der Waals surface area contributed by atoms with E-state index in [9.17, 15) is 9.59 Å². The van der Waals surface area contributed by atoms with Crippen LogP contribution in [-0.4, -0.2) is 33.7 Å². The number of carboxylic acid groups (broad SMARTS) is 1. The molecule has 1 saturated carbocycles. The summed E-state index contributed by atoms with van der Waals surface area (Å²) in [6.45, 7) is 5.40. The van der Waals surface area contributed by atoms with Crippen molar-refractivity contribution in [3.63, 3.8) is 0 Å². The topological polar surface area (TPSA) is 80.6 Å². The number of amides is 1. The maximum Gasteiger partial charge on any atom is 0.335 e. The summed E-state index contributed by atoms with van der Waals surface area (Å²) >= 11 is 0. The van der Waals surface area contributed by atoms with Gasteiger partial charge in [-0.15, -0.1) is 0 Å². The van der Waals surface area contributed by atoms with Gasteiger partial charge in [-0.25, -0.2) is 4.79 Å². The van der Waals surface area contributed by atoms with Crippen LogP contribution in [0.2, 0.25) is 0 Å². The van der Waals surface area contributed by atoms with Gasteiger partial charge < -0.3 is 19.7 Å². The fourth-order valence-electron chi connectivity index (χ4n) is 6.59. The molecule has 212 valence electrons. The Morgan fingerprint density at radius 3 is 2.46 bits per heavy atom. The Morgan fingerprint density at radius 1 is 0.976 bits per heavy atom. The molecule has 0 radical (unpaired) electrons. The van der Waals surface area contributed by atoms with E-state index in [0.717, 1.165) is 41.8 Å². The van der Waals surface area contributed by atoms with Crippen LogP contribution in [0.5, 0.6) is 5.75 Å². The quantitative estimate of drug-likeness (QED) is 0.248. The molecule has 2 aliphatic rings. The van der Waals surface area contributed by atoms with Gasteiger partial charge in [0.15, 0.2) is 0 Å². The summed E-state index contributed by atoms with van der Waals surface area (Å²) in [5.41, 5.74) is 6.47. The predicted molar refractivity (Wildman–Crippen MR) is 162 cm³/mol. The molecule has 0 saturated heterocycles. The highest BCUT2D eigenvalue weighted by Gasteiger charge is 2.30. The summed E-state index contributed by atoms with van der Waals surface area (Å²) in [6.07, 6.45) is 7.69. The van der Waals surface area contributed by atoms with Crippen molar-refractivity contribution >= 4 is 22.8 Å². The second kappa shape index (κ2) is 11.1. The number of aromatic nitrogens is 1. The number of para-hydroxylation sites is 1. The van der Waals surface area contributed by atoms with E-state index in [1.807, 2.05) is 38.1 Å². The Morgan fingerprint density at radius 2 is 1.71 bits per heavy atom. The number of rotatable bonds is 7. The number of ether oxygens (including phenoxy) is 1. The second-order valence-corrected chi connectivity index (χ2v) is 12.2. The summed E-state index contributed by atoms with van der Waals surface area (Å²) in [5.74, 6) is 0.432. The van der Waals surface area contributed by atoms with Crippen molar-refractivity contribution in [2.24, 2.45) is 0 Å². The van der Waals surface area contributed by atoms with E-state index in [1.54, 1.807) is 12.1 Å². The van der Waals surface area contributed by atoms with Gasteiger partial charge in [-0.1, -0.05) is 49.6 Å². The van der Waals surface area contributed by atoms with Crippen LogP contribution in [0, 0.1) is 0 Å². The Hall–Kier alpha value is -4.06. The normalized spacial score (nSPS) is 15.5.